The number of amides is 1. The van der Waals surface area contributed by atoms with Crippen molar-refractivity contribution in [3.8, 4) is 0 Å². The lowest BCUT2D eigenvalue weighted by atomic mass is 9.81. The van der Waals surface area contributed by atoms with Crippen LogP contribution in [0.4, 0.5) is 26.3 Å². The third kappa shape index (κ3) is 4.90. The molecule has 1 amide bonds. The van der Waals surface area contributed by atoms with E-state index in [-0.39, 0.29) is 28.3 Å². The van der Waals surface area contributed by atoms with Crippen molar-refractivity contribution < 1.29 is 36.0 Å². The van der Waals surface area contributed by atoms with E-state index in [0.29, 0.717) is 0 Å². The first-order chi connectivity index (χ1) is 14.2. The van der Waals surface area contributed by atoms with Gasteiger partial charge in [-0.1, -0.05) is 35.0 Å². The lowest BCUT2D eigenvalue weighted by Crippen LogP contribution is -2.48. The quantitative estimate of drug-likeness (QED) is 0.416. The maximum absolute atomic E-state index is 14.1. The van der Waals surface area contributed by atoms with Gasteiger partial charge < -0.3 is 10.2 Å². The Morgan fingerprint density at radius 2 is 1.87 bits per heavy atom. The Balaban J connectivity index is 1.88. The van der Waals surface area contributed by atoms with Crippen LogP contribution in [0.5, 0.6) is 0 Å². The fraction of sp³-hybridized carbons (Fsp3) is 0.444. The average Bonchev–Trinajstić information content (AvgIpc) is 3.08. The fourth-order valence-electron chi connectivity index (χ4n) is 3.29. The molecule has 4 nitrogen and oxygen atoms in total. The molecule has 31 heavy (non-hydrogen) atoms. The normalized spacial score (nSPS) is 31.3. The van der Waals surface area contributed by atoms with E-state index in [1.807, 2.05) is 0 Å². The summed E-state index contributed by atoms with van der Waals surface area (Å²) in [6.07, 6.45) is -4.87. The minimum atomic E-state index is -5.15. The third-order valence-electron chi connectivity index (χ3n) is 4.82. The predicted octanol–water partition coefficient (Wildman–Crippen LogP) is 5.27. The van der Waals surface area contributed by atoms with Crippen LogP contribution in [0, 0.1) is 0 Å². The lowest BCUT2D eigenvalue weighted by Gasteiger charge is -2.33. The monoisotopic (exact) mass is 508 g/mol. The Morgan fingerprint density at radius 3 is 2.45 bits per heavy atom. The number of allylic oxidation sites excluding steroid dienone is 5. The fourth-order valence-corrected chi connectivity index (χ4v) is 4.15. The van der Waals surface area contributed by atoms with Gasteiger partial charge >= 0.3 is 18.3 Å². The molecule has 0 saturated carbocycles. The number of carbonyl (C=O) groups excluding carboxylic acids is 1. The van der Waals surface area contributed by atoms with E-state index in [1.165, 1.54) is 18.2 Å². The van der Waals surface area contributed by atoms with E-state index in [1.54, 1.807) is 5.32 Å². The Hall–Kier alpha value is -1.65. The van der Waals surface area contributed by atoms with Gasteiger partial charge in [0.25, 0.3) is 5.60 Å². The van der Waals surface area contributed by atoms with Crippen LogP contribution in [-0.2, 0) is 9.63 Å². The summed E-state index contributed by atoms with van der Waals surface area (Å²) >= 11 is 17.8. The maximum atomic E-state index is 14.1. The predicted molar refractivity (Wildman–Crippen MR) is 103 cm³/mol. The molecule has 3 aliphatic rings. The van der Waals surface area contributed by atoms with Gasteiger partial charge in [0.2, 0.25) is 0 Å². The number of alkyl halides is 8. The highest BCUT2D eigenvalue weighted by Crippen LogP contribution is 2.49. The highest BCUT2D eigenvalue weighted by atomic mass is 35.5. The molecule has 0 aromatic carbocycles. The highest BCUT2D eigenvalue weighted by Gasteiger charge is 2.63. The van der Waals surface area contributed by atoms with Crippen LogP contribution in [0.15, 0.2) is 51.7 Å². The zero-order chi connectivity index (χ0) is 23.2. The van der Waals surface area contributed by atoms with Crippen molar-refractivity contribution in [1.82, 2.24) is 5.32 Å². The van der Waals surface area contributed by atoms with Gasteiger partial charge in [-0.15, -0.1) is 23.2 Å². The summed E-state index contributed by atoms with van der Waals surface area (Å²) in [4.78, 5) is 16.1. The van der Waals surface area contributed by atoms with Crippen LogP contribution in [0.25, 0.3) is 0 Å². The topological polar surface area (TPSA) is 50.7 Å². The molecule has 1 aliphatic heterocycles. The highest BCUT2D eigenvalue weighted by molar-refractivity contribution is 6.32. The standard InChI is InChI=1S/C18H13Cl3F6N2O2/c19-10-4-9(5-11(20)6-10)16(18(25,26)27)7-14(29-31-16)8-1-2-12(21)13(3-8)28-15(30)17(22,23)24/h1-4,6,11-13H,5,7H2,(H,28,30). The molecule has 1 heterocycles. The summed E-state index contributed by atoms with van der Waals surface area (Å²) in [5.74, 6) is -2.23. The van der Waals surface area contributed by atoms with Crippen LogP contribution >= 0.6 is 34.8 Å². The second-order valence-electron chi connectivity index (χ2n) is 6.99. The van der Waals surface area contributed by atoms with E-state index in [4.69, 9.17) is 39.6 Å². The van der Waals surface area contributed by atoms with E-state index in [0.717, 1.165) is 12.2 Å². The summed E-state index contributed by atoms with van der Waals surface area (Å²) in [5.41, 5.74) is -3.21. The molecule has 4 unspecified atom stereocenters. The summed E-state index contributed by atoms with van der Waals surface area (Å²) in [6, 6.07) is -1.32. The van der Waals surface area contributed by atoms with Crippen LogP contribution in [0.3, 0.4) is 0 Å². The molecule has 3 rings (SSSR count). The van der Waals surface area contributed by atoms with E-state index >= 15 is 0 Å². The number of oxime groups is 1. The Kier molecular flexibility index (Phi) is 6.48. The molecule has 0 bridgehead atoms. The van der Waals surface area contributed by atoms with Gasteiger partial charge in [-0.2, -0.15) is 26.3 Å². The largest absolute Gasteiger partial charge is 0.471 e. The molecule has 0 aromatic rings. The van der Waals surface area contributed by atoms with Gasteiger partial charge in [0.1, 0.15) is 0 Å². The van der Waals surface area contributed by atoms with Gasteiger partial charge in [0, 0.05) is 11.5 Å². The van der Waals surface area contributed by atoms with Gasteiger partial charge in [-0.05, 0) is 29.7 Å². The molecule has 0 radical (unpaired) electrons. The molecular formula is C18H13Cl3F6N2O2. The second-order valence-corrected chi connectivity index (χ2v) is 8.50. The van der Waals surface area contributed by atoms with Crippen LogP contribution < -0.4 is 5.32 Å². The first-order valence-electron chi connectivity index (χ1n) is 8.69. The number of nitrogens with one attached hydrogen (secondary N) is 1. The van der Waals surface area contributed by atoms with Crippen molar-refractivity contribution >= 4 is 46.4 Å². The Bertz CT molecular complexity index is 922. The lowest BCUT2D eigenvalue weighted by molar-refractivity contribution is -0.253. The van der Waals surface area contributed by atoms with Crippen molar-refractivity contribution in [2.75, 3.05) is 0 Å². The van der Waals surface area contributed by atoms with Crippen LogP contribution in [0.2, 0.25) is 0 Å². The van der Waals surface area contributed by atoms with E-state index in [9.17, 15) is 31.1 Å². The molecule has 13 heteroatoms. The molecule has 1 N–H and O–H groups in total. The van der Waals surface area contributed by atoms with Crippen molar-refractivity contribution in [2.24, 2.45) is 5.16 Å². The molecular weight excluding hydrogens is 497 g/mol. The van der Waals surface area contributed by atoms with Crippen molar-refractivity contribution in [1.29, 1.82) is 0 Å². The minimum absolute atomic E-state index is 0.0126. The molecule has 0 saturated heterocycles. The number of hydrogen-bond donors (Lipinski definition) is 1. The summed E-state index contributed by atoms with van der Waals surface area (Å²) in [5, 5.41) is 3.42. The zero-order valence-corrected chi connectivity index (χ0v) is 17.5. The summed E-state index contributed by atoms with van der Waals surface area (Å²) < 4.78 is 79.8. The Morgan fingerprint density at radius 1 is 1.19 bits per heavy atom. The smallest absolute Gasteiger partial charge is 0.374 e. The van der Waals surface area contributed by atoms with Gasteiger partial charge in [-0.3, -0.25) is 4.79 Å². The van der Waals surface area contributed by atoms with Crippen molar-refractivity contribution in [2.45, 2.75) is 47.6 Å². The molecule has 0 spiro atoms. The van der Waals surface area contributed by atoms with Crippen LogP contribution in [0.1, 0.15) is 12.8 Å². The minimum Gasteiger partial charge on any atom is -0.374 e. The number of rotatable bonds is 3. The van der Waals surface area contributed by atoms with Gasteiger partial charge in [-0.25, -0.2) is 0 Å². The first kappa shape index (κ1) is 24.0. The number of nitrogens with zero attached hydrogens (tertiary/aromatic N) is 1. The molecule has 0 fully saturated rings. The number of hydrogen-bond acceptors (Lipinski definition) is 3. The molecule has 4 atom stereocenters. The van der Waals surface area contributed by atoms with E-state index in [2.05, 4.69) is 5.16 Å². The third-order valence-corrected chi connectivity index (χ3v) is 5.75. The average molecular weight is 510 g/mol. The van der Waals surface area contributed by atoms with Gasteiger partial charge in [0.05, 0.1) is 22.5 Å². The SMILES string of the molecule is O=C(NC1C=C(C2=NOC(C3=CC(Cl)=CC(Cl)C3)(C(F)(F)F)C2)C=CC1Cl)C(F)(F)F. The maximum Gasteiger partial charge on any atom is 0.471 e. The summed E-state index contributed by atoms with van der Waals surface area (Å²) in [6.45, 7) is 0. The first-order valence-corrected chi connectivity index (χ1v) is 9.94. The molecule has 0 aromatic heterocycles. The van der Waals surface area contributed by atoms with Crippen molar-refractivity contribution in [3.05, 3.63) is 46.6 Å². The van der Waals surface area contributed by atoms with Crippen molar-refractivity contribution in [3.63, 3.8) is 0 Å². The number of carbonyl (C=O) groups is 1. The summed E-state index contributed by atoms with van der Waals surface area (Å²) in [7, 11) is 0. The van der Waals surface area contributed by atoms with Gasteiger partial charge in [0.15, 0.2) is 0 Å². The van der Waals surface area contributed by atoms with E-state index < -0.39 is 47.1 Å². The van der Waals surface area contributed by atoms with Crippen LogP contribution in [-0.4, -0.2) is 46.4 Å². The Labute approximate surface area is 187 Å². The number of halogens is 9. The molecule has 2 aliphatic carbocycles. The zero-order valence-electron chi connectivity index (χ0n) is 15.2. The molecule has 170 valence electrons. The second kappa shape index (κ2) is 8.37.